The zero-order chi connectivity index (χ0) is 49.9. The maximum absolute atomic E-state index is 6.83. The summed E-state index contributed by atoms with van der Waals surface area (Å²) in [7, 11) is 0. The number of para-hydroxylation sites is 5. The van der Waals surface area contributed by atoms with Crippen LogP contribution in [0.1, 0.15) is 22.3 Å². The molecule has 1 aliphatic carbocycles. The molecule has 0 bridgehead atoms. The predicted octanol–water partition coefficient (Wildman–Crippen LogP) is 17.2. The second-order valence-electron chi connectivity index (χ2n) is 19.8. The molecule has 0 radical (unpaired) electrons. The number of fused-ring (bicyclic) bond motifs is 16. The number of rotatable bonds is 6. The van der Waals surface area contributed by atoms with Crippen LogP contribution in [0.2, 0.25) is 0 Å². The van der Waals surface area contributed by atoms with Crippen LogP contribution in [0.15, 0.2) is 261 Å². The third-order valence-electron chi connectivity index (χ3n) is 15.8. The van der Waals surface area contributed by atoms with Crippen molar-refractivity contribution in [1.29, 1.82) is 0 Å². The molecule has 1 spiro atoms. The lowest BCUT2D eigenvalue weighted by molar-refractivity contribution is 0.436. The molecule has 354 valence electrons. The SMILES string of the molecule is c1ccc(-c2nc(-c3ccccc3)nc(-c3cccc4c3-c3c(-c5ccc6c(c5)c5ccc7c8ccccc8n(-c8ccccc8)c7c5n6-c5ccccc5)cccc3C43c4ccccc4Oc4ccccc43)n2)cc1. The summed E-state index contributed by atoms with van der Waals surface area (Å²) in [5.41, 5.74) is 17.9. The van der Waals surface area contributed by atoms with Gasteiger partial charge in [-0.25, -0.2) is 15.0 Å². The Balaban J connectivity index is 1.02. The van der Waals surface area contributed by atoms with Gasteiger partial charge in [-0.1, -0.05) is 206 Å². The monoisotopic (exact) mass is 969 g/mol. The van der Waals surface area contributed by atoms with E-state index < -0.39 is 5.41 Å². The quantitative estimate of drug-likeness (QED) is 0.167. The Morgan fingerprint density at radius 2 is 0.750 bits per heavy atom. The Hall–Kier alpha value is -10.2. The molecule has 14 aromatic rings. The molecule has 0 amide bonds. The minimum absolute atomic E-state index is 0.607. The van der Waals surface area contributed by atoms with Gasteiger partial charge in [-0.05, 0) is 88.0 Å². The lowest BCUT2D eigenvalue weighted by Gasteiger charge is -2.39. The molecule has 0 atom stereocenters. The van der Waals surface area contributed by atoms with Crippen LogP contribution < -0.4 is 4.74 Å². The van der Waals surface area contributed by atoms with E-state index in [1.54, 1.807) is 0 Å². The van der Waals surface area contributed by atoms with E-state index in [0.29, 0.717) is 17.5 Å². The number of ether oxygens (including phenoxy) is 1. The van der Waals surface area contributed by atoms with Gasteiger partial charge in [0.25, 0.3) is 0 Å². The van der Waals surface area contributed by atoms with E-state index in [2.05, 4.69) is 234 Å². The van der Waals surface area contributed by atoms with Crippen molar-refractivity contribution in [2.75, 3.05) is 0 Å². The van der Waals surface area contributed by atoms with Crippen LogP contribution in [0.3, 0.4) is 0 Å². The van der Waals surface area contributed by atoms with Crippen LogP contribution in [-0.4, -0.2) is 24.1 Å². The predicted molar refractivity (Wildman–Crippen MR) is 308 cm³/mol. The van der Waals surface area contributed by atoms with Gasteiger partial charge in [0.15, 0.2) is 17.5 Å². The third kappa shape index (κ3) is 6.01. The van der Waals surface area contributed by atoms with E-state index in [9.17, 15) is 0 Å². The van der Waals surface area contributed by atoms with Crippen LogP contribution >= 0.6 is 0 Å². The minimum atomic E-state index is -0.746. The van der Waals surface area contributed by atoms with Gasteiger partial charge < -0.3 is 13.9 Å². The van der Waals surface area contributed by atoms with Crippen LogP contribution in [0.5, 0.6) is 11.5 Å². The molecule has 16 rings (SSSR count). The van der Waals surface area contributed by atoms with E-state index in [1.807, 2.05) is 36.4 Å². The average Bonchev–Trinajstić information content (AvgIpc) is 4.30. The highest BCUT2D eigenvalue weighted by Crippen LogP contribution is 2.65. The van der Waals surface area contributed by atoms with Gasteiger partial charge >= 0.3 is 0 Å². The molecule has 76 heavy (non-hydrogen) atoms. The molecule has 0 unspecified atom stereocenters. The average molecular weight is 970 g/mol. The fourth-order valence-electron chi connectivity index (χ4n) is 12.8. The Morgan fingerprint density at radius 3 is 1.34 bits per heavy atom. The van der Waals surface area contributed by atoms with Gasteiger partial charge in [-0.15, -0.1) is 0 Å². The van der Waals surface area contributed by atoms with Crippen LogP contribution in [0.25, 0.3) is 111 Å². The fourth-order valence-corrected chi connectivity index (χ4v) is 12.8. The highest BCUT2D eigenvalue weighted by molar-refractivity contribution is 6.24. The third-order valence-corrected chi connectivity index (χ3v) is 15.8. The van der Waals surface area contributed by atoms with Crippen molar-refractivity contribution in [2.24, 2.45) is 0 Å². The summed E-state index contributed by atoms with van der Waals surface area (Å²) in [6.07, 6.45) is 0. The first-order chi connectivity index (χ1) is 37.7. The van der Waals surface area contributed by atoms with Gasteiger partial charge in [0.2, 0.25) is 0 Å². The second kappa shape index (κ2) is 16.4. The lowest BCUT2D eigenvalue weighted by atomic mass is 9.66. The summed E-state index contributed by atoms with van der Waals surface area (Å²) in [6.45, 7) is 0. The molecule has 4 heterocycles. The first kappa shape index (κ1) is 42.3. The fraction of sp³-hybridized carbons (Fsp3) is 0.0143. The molecule has 11 aromatic carbocycles. The molecule has 3 aromatic heterocycles. The molecular weight excluding hydrogens is 927 g/mol. The Bertz CT molecular complexity index is 4550. The number of nitrogens with zero attached hydrogens (tertiary/aromatic N) is 5. The maximum atomic E-state index is 6.83. The number of hydrogen-bond donors (Lipinski definition) is 0. The summed E-state index contributed by atoms with van der Waals surface area (Å²) >= 11 is 0. The molecule has 2 aliphatic rings. The van der Waals surface area contributed by atoms with Crippen LogP contribution in [-0.2, 0) is 5.41 Å². The van der Waals surface area contributed by atoms with Crippen molar-refractivity contribution in [2.45, 2.75) is 5.41 Å². The minimum Gasteiger partial charge on any atom is -0.457 e. The molecule has 6 nitrogen and oxygen atoms in total. The molecule has 0 fully saturated rings. The van der Waals surface area contributed by atoms with Crippen molar-refractivity contribution in [3.63, 3.8) is 0 Å². The van der Waals surface area contributed by atoms with E-state index in [4.69, 9.17) is 19.7 Å². The Morgan fingerprint density at radius 1 is 0.303 bits per heavy atom. The molecule has 0 saturated carbocycles. The van der Waals surface area contributed by atoms with Crippen molar-refractivity contribution in [3.8, 4) is 79.3 Å². The van der Waals surface area contributed by atoms with Gasteiger partial charge in [0, 0.05) is 60.7 Å². The summed E-state index contributed by atoms with van der Waals surface area (Å²) < 4.78 is 11.8. The van der Waals surface area contributed by atoms with E-state index in [0.717, 1.165) is 89.5 Å². The second-order valence-corrected chi connectivity index (χ2v) is 19.8. The Kier molecular flexibility index (Phi) is 9.15. The van der Waals surface area contributed by atoms with E-state index in [-0.39, 0.29) is 0 Å². The number of hydrogen-bond acceptors (Lipinski definition) is 4. The number of aromatic nitrogens is 5. The summed E-state index contributed by atoms with van der Waals surface area (Å²) in [4.78, 5) is 15.9. The molecule has 1 aliphatic heterocycles. The van der Waals surface area contributed by atoms with Gasteiger partial charge in [-0.3, -0.25) is 0 Å². The van der Waals surface area contributed by atoms with Crippen molar-refractivity contribution < 1.29 is 4.74 Å². The first-order valence-electron chi connectivity index (χ1n) is 25.9. The van der Waals surface area contributed by atoms with Gasteiger partial charge in [0.05, 0.1) is 27.5 Å². The van der Waals surface area contributed by atoms with E-state index in [1.165, 1.54) is 38.1 Å². The molecule has 6 heteroatoms. The van der Waals surface area contributed by atoms with Crippen molar-refractivity contribution in [1.82, 2.24) is 24.1 Å². The maximum Gasteiger partial charge on any atom is 0.164 e. The van der Waals surface area contributed by atoms with Crippen molar-refractivity contribution >= 4 is 43.6 Å². The van der Waals surface area contributed by atoms with E-state index >= 15 is 0 Å². The topological polar surface area (TPSA) is 57.8 Å². The normalized spacial score (nSPS) is 12.9. The smallest absolute Gasteiger partial charge is 0.164 e. The summed E-state index contributed by atoms with van der Waals surface area (Å²) in [5.74, 6) is 3.51. The van der Waals surface area contributed by atoms with Gasteiger partial charge in [-0.2, -0.15) is 0 Å². The van der Waals surface area contributed by atoms with Crippen LogP contribution in [0.4, 0.5) is 0 Å². The molecule has 0 N–H and O–H groups in total. The standard InChI is InChI=1S/C70H43N5O/c1-5-21-44(22-6-1)67-71-68(45-23-7-2-8-24-45)73-69(72-67)53-31-20-35-58-64(53)63-49(30-19-34-57(63)70(58)55-32-14-17-37-61(55)76-62-38-18-15-33-56(62)70)46-39-42-60-54(43-46)52-41-40-51-50-29-13-16-36-59(50)74(47-25-9-3-10-26-47)65(51)66(52)75(60)48-27-11-4-12-28-48/h1-43H. The molecule has 0 saturated heterocycles. The zero-order valence-corrected chi connectivity index (χ0v) is 41.0. The Labute approximate surface area is 438 Å². The van der Waals surface area contributed by atoms with Crippen molar-refractivity contribution in [3.05, 3.63) is 283 Å². The zero-order valence-electron chi connectivity index (χ0n) is 41.0. The van der Waals surface area contributed by atoms with Gasteiger partial charge in [0.1, 0.15) is 11.5 Å². The highest BCUT2D eigenvalue weighted by atomic mass is 16.5. The molecular formula is C70H43N5O. The summed E-state index contributed by atoms with van der Waals surface area (Å²) in [6, 6.07) is 93.3. The highest BCUT2D eigenvalue weighted by Gasteiger charge is 2.52. The largest absolute Gasteiger partial charge is 0.457 e. The number of benzene rings is 11. The summed E-state index contributed by atoms with van der Waals surface area (Å²) in [5, 5.41) is 4.78. The lowest BCUT2D eigenvalue weighted by Crippen LogP contribution is -2.32. The first-order valence-corrected chi connectivity index (χ1v) is 25.9. The van der Waals surface area contributed by atoms with Crippen LogP contribution in [0, 0.1) is 0 Å².